The highest BCUT2D eigenvalue weighted by atomic mass is 32.1. The zero-order valence-corrected chi connectivity index (χ0v) is 12.9. The average molecular weight is 297 g/mol. The molecule has 21 heavy (non-hydrogen) atoms. The van der Waals surface area contributed by atoms with E-state index in [-0.39, 0.29) is 6.04 Å². The Labute approximate surface area is 129 Å². The molecule has 0 saturated carbocycles. The summed E-state index contributed by atoms with van der Waals surface area (Å²) in [6.07, 6.45) is 1.02. The first-order valence-corrected chi connectivity index (χ1v) is 8.10. The standard InChI is InChI=1S/C18H19NOS/c1-13(19-11-10-15-6-4-12-21-15)16-9-8-14-5-2-3-7-17(14)18(16)20/h2-9,12-13,19-20H,10-11H2,1H3. The van der Waals surface area contributed by atoms with Gasteiger partial charge in [0, 0.05) is 28.4 Å². The molecule has 1 aromatic heterocycles. The summed E-state index contributed by atoms with van der Waals surface area (Å²) in [5, 5.41) is 18.1. The first kappa shape index (κ1) is 14.1. The Morgan fingerprint density at radius 2 is 1.95 bits per heavy atom. The summed E-state index contributed by atoms with van der Waals surface area (Å²) in [5.74, 6) is 0.393. The molecule has 0 aliphatic heterocycles. The summed E-state index contributed by atoms with van der Waals surface area (Å²) in [6.45, 7) is 3.01. The van der Waals surface area contributed by atoms with Crippen molar-refractivity contribution in [1.29, 1.82) is 0 Å². The summed E-state index contributed by atoms with van der Waals surface area (Å²) in [4.78, 5) is 1.39. The molecular weight excluding hydrogens is 278 g/mol. The van der Waals surface area contributed by atoms with Crippen LogP contribution in [0.2, 0.25) is 0 Å². The van der Waals surface area contributed by atoms with Crippen molar-refractivity contribution in [3.63, 3.8) is 0 Å². The van der Waals surface area contributed by atoms with E-state index in [4.69, 9.17) is 0 Å². The lowest BCUT2D eigenvalue weighted by molar-refractivity contribution is 0.459. The van der Waals surface area contributed by atoms with Crippen LogP contribution >= 0.6 is 11.3 Å². The fourth-order valence-electron chi connectivity index (χ4n) is 2.60. The quantitative estimate of drug-likeness (QED) is 0.726. The number of hydrogen-bond donors (Lipinski definition) is 2. The lowest BCUT2D eigenvalue weighted by Crippen LogP contribution is -2.21. The minimum absolute atomic E-state index is 0.134. The molecule has 0 radical (unpaired) electrons. The van der Waals surface area contributed by atoms with E-state index in [1.54, 1.807) is 11.3 Å². The van der Waals surface area contributed by atoms with Crippen LogP contribution in [0.5, 0.6) is 5.75 Å². The largest absolute Gasteiger partial charge is 0.507 e. The van der Waals surface area contributed by atoms with Crippen LogP contribution in [0.25, 0.3) is 10.8 Å². The van der Waals surface area contributed by atoms with Crippen LogP contribution in [0.15, 0.2) is 53.9 Å². The first-order chi connectivity index (χ1) is 10.3. The fourth-order valence-corrected chi connectivity index (χ4v) is 3.31. The SMILES string of the molecule is CC(NCCc1cccs1)c1ccc2ccccc2c1O. The van der Waals surface area contributed by atoms with Gasteiger partial charge in [0.25, 0.3) is 0 Å². The van der Waals surface area contributed by atoms with E-state index in [1.165, 1.54) is 4.88 Å². The van der Waals surface area contributed by atoms with Crippen molar-refractivity contribution in [1.82, 2.24) is 5.32 Å². The average Bonchev–Trinajstić information content (AvgIpc) is 3.01. The van der Waals surface area contributed by atoms with Crippen LogP contribution in [0.4, 0.5) is 0 Å². The molecule has 2 N–H and O–H groups in total. The topological polar surface area (TPSA) is 32.3 Å². The normalized spacial score (nSPS) is 12.6. The zero-order valence-electron chi connectivity index (χ0n) is 12.0. The van der Waals surface area contributed by atoms with Gasteiger partial charge in [0.15, 0.2) is 0 Å². The van der Waals surface area contributed by atoms with Crippen molar-refractivity contribution in [2.75, 3.05) is 6.54 Å². The van der Waals surface area contributed by atoms with Gasteiger partial charge in [0.1, 0.15) is 5.75 Å². The highest BCUT2D eigenvalue weighted by Crippen LogP contribution is 2.32. The van der Waals surface area contributed by atoms with E-state index < -0.39 is 0 Å². The summed E-state index contributed by atoms with van der Waals surface area (Å²) in [5.41, 5.74) is 0.958. The maximum absolute atomic E-state index is 10.5. The van der Waals surface area contributed by atoms with Gasteiger partial charge < -0.3 is 10.4 Å². The number of phenols is 1. The molecule has 0 spiro atoms. The Morgan fingerprint density at radius 3 is 2.76 bits per heavy atom. The van der Waals surface area contributed by atoms with Crippen molar-refractivity contribution in [3.8, 4) is 5.75 Å². The van der Waals surface area contributed by atoms with Crippen LogP contribution in [0.3, 0.4) is 0 Å². The minimum Gasteiger partial charge on any atom is -0.507 e. The number of hydrogen-bond acceptors (Lipinski definition) is 3. The molecule has 3 rings (SSSR count). The number of fused-ring (bicyclic) bond motifs is 1. The van der Waals surface area contributed by atoms with E-state index in [0.29, 0.717) is 5.75 Å². The molecule has 0 aliphatic rings. The maximum Gasteiger partial charge on any atom is 0.128 e. The third kappa shape index (κ3) is 3.09. The molecule has 0 saturated heterocycles. The van der Waals surface area contributed by atoms with Gasteiger partial charge in [-0.05, 0) is 30.2 Å². The maximum atomic E-state index is 10.5. The Hall–Kier alpha value is -1.84. The lowest BCUT2D eigenvalue weighted by Gasteiger charge is -2.16. The molecule has 108 valence electrons. The zero-order chi connectivity index (χ0) is 14.7. The van der Waals surface area contributed by atoms with Crippen molar-refractivity contribution in [2.45, 2.75) is 19.4 Å². The number of rotatable bonds is 5. The predicted octanol–water partition coefficient (Wildman–Crippen LogP) is 4.50. The van der Waals surface area contributed by atoms with E-state index >= 15 is 0 Å². The van der Waals surface area contributed by atoms with Gasteiger partial charge in [-0.1, -0.05) is 42.5 Å². The minimum atomic E-state index is 0.134. The molecule has 1 unspecified atom stereocenters. The predicted molar refractivity (Wildman–Crippen MR) is 90.1 cm³/mol. The van der Waals surface area contributed by atoms with Crippen LogP contribution in [-0.4, -0.2) is 11.7 Å². The van der Waals surface area contributed by atoms with E-state index in [0.717, 1.165) is 29.3 Å². The molecule has 3 aromatic rings. The Balaban J connectivity index is 1.72. The molecule has 3 heteroatoms. The number of benzene rings is 2. The van der Waals surface area contributed by atoms with Crippen molar-refractivity contribution >= 4 is 22.1 Å². The second-order valence-corrected chi connectivity index (χ2v) is 6.26. The first-order valence-electron chi connectivity index (χ1n) is 7.22. The highest BCUT2D eigenvalue weighted by molar-refractivity contribution is 7.09. The number of thiophene rings is 1. The van der Waals surface area contributed by atoms with Crippen LogP contribution < -0.4 is 5.32 Å². The number of nitrogens with one attached hydrogen (secondary N) is 1. The van der Waals surface area contributed by atoms with Gasteiger partial charge in [0.05, 0.1) is 0 Å². The molecular formula is C18H19NOS. The Bertz CT molecular complexity index is 721. The van der Waals surface area contributed by atoms with E-state index in [9.17, 15) is 5.11 Å². The Kier molecular flexibility index (Phi) is 4.23. The molecule has 0 bridgehead atoms. The lowest BCUT2D eigenvalue weighted by atomic mass is 10.0. The molecule has 1 atom stereocenters. The van der Waals surface area contributed by atoms with E-state index in [1.807, 2.05) is 30.3 Å². The summed E-state index contributed by atoms with van der Waals surface area (Å²) in [7, 11) is 0. The van der Waals surface area contributed by atoms with Gasteiger partial charge in [-0.3, -0.25) is 0 Å². The monoisotopic (exact) mass is 297 g/mol. The Morgan fingerprint density at radius 1 is 1.10 bits per heavy atom. The summed E-state index contributed by atoms with van der Waals surface area (Å²) < 4.78 is 0. The van der Waals surface area contributed by atoms with Gasteiger partial charge in [-0.15, -0.1) is 11.3 Å². The highest BCUT2D eigenvalue weighted by Gasteiger charge is 2.12. The summed E-state index contributed by atoms with van der Waals surface area (Å²) >= 11 is 1.79. The molecule has 0 amide bonds. The van der Waals surface area contributed by atoms with Crippen LogP contribution in [0.1, 0.15) is 23.4 Å². The van der Waals surface area contributed by atoms with Gasteiger partial charge >= 0.3 is 0 Å². The van der Waals surface area contributed by atoms with Crippen molar-refractivity contribution in [3.05, 3.63) is 64.4 Å². The molecule has 2 aromatic carbocycles. The second kappa shape index (κ2) is 6.29. The van der Waals surface area contributed by atoms with Crippen molar-refractivity contribution in [2.24, 2.45) is 0 Å². The smallest absolute Gasteiger partial charge is 0.128 e. The molecule has 2 nitrogen and oxygen atoms in total. The number of phenolic OH excluding ortho intramolecular Hbond substituents is 1. The second-order valence-electron chi connectivity index (χ2n) is 5.23. The number of aromatic hydroxyl groups is 1. The van der Waals surface area contributed by atoms with Gasteiger partial charge in [-0.2, -0.15) is 0 Å². The summed E-state index contributed by atoms with van der Waals surface area (Å²) in [6, 6.07) is 16.4. The molecule has 0 aliphatic carbocycles. The third-order valence-corrected chi connectivity index (χ3v) is 4.74. The molecule has 0 fully saturated rings. The molecule has 1 heterocycles. The van der Waals surface area contributed by atoms with Crippen LogP contribution in [-0.2, 0) is 6.42 Å². The van der Waals surface area contributed by atoms with Crippen molar-refractivity contribution < 1.29 is 5.11 Å². The van der Waals surface area contributed by atoms with Gasteiger partial charge in [0.2, 0.25) is 0 Å². The fraction of sp³-hybridized carbons (Fsp3) is 0.222. The van der Waals surface area contributed by atoms with E-state index in [2.05, 4.69) is 35.8 Å². The third-order valence-electron chi connectivity index (χ3n) is 3.80. The van der Waals surface area contributed by atoms with Gasteiger partial charge in [-0.25, -0.2) is 0 Å². The van der Waals surface area contributed by atoms with Crippen LogP contribution in [0, 0.1) is 0 Å².